The van der Waals surface area contributed by atoms with Gasteiger partial charge in [-0.1, -0.05) is 30.3 Å². The highest BCUT2D eigenvalue weighted by Crippen LogP contribution is 2.29. The van der Waals surface area contributed by atoms with Gasteiger partial charge >= 0.3 is 0 Å². The molecule has 0 amide bonds. The van der Waals surface area contributed by atoms with Crippen LogP contribution < -0.4 is 4.74 Å². The number of halogens is 1. The third-order valence-corrected chi connectivity index (χ3v) is 3.12. The Kier molecular flexibility index (Phi) is 4.17. The summed E-state index contributed by atoms with van der Waals surface area (Å²) in [5.74, 6) is 0.330. The van der Waals surface area contributed by atoms with Crippen LogP contribution in [0.5, 0.6) is 5.75 Å². The molecule has 19 heavy (non-hydrogen) atoms. The number of rotatable bonds is 4. The second-order valence-electron chi connectivity index (χ2n) is 4.56. The van der Waals surface area contributed by atoms with E-state index < -0.39 is 6.10 Å². The lowest BCUT2D eigenvalue weighted by molar-refractivity contribution is 0.172. The summed E-state index contributed by atoms with van der Waals surface area (Å²) >= 11 is 0. The van der Waals surface area contributed by atoms with Crippen LogP contribution in [0.25, 0.3) is 0 Å². The van der Waals surface area contributed by atoms with Crippen molar-refractivity contribution in [1.82, 2.24) is 0 Å². The fourth-order valence-corrected chi connectivity index (χ4v) is 2.08. The molecule has 1 N–H and O–H groups in total. The van der Waals surface area contributed by atoms with E-state index in [4.69, 9.17) is 4.74 Å². The lowest BCUT2D eigenvalue weighted by Gasteiger charge is -2.15. The van der Waals surface area contributed by atoms with E-state index in [0.717, 1.165) is 5.56 Å². The zero-order valence-electron chi connectivity index (χ0n) is 11.1. The van der Waals surface area contributed by atoms with Gasteiger partial charge in [-0.15, -0.1) is 0 Å². The molecule has 0 bridgehead atoms. The first-order valence-electron chi connectivity index (χ1n) is 6.18. The molecule has 0 aromatic heterocycles. The van der Waals surface area contributed by atoms with Crippen LogP contribution in [0.15, 0.2) is 42.5 Å². The van der Waals surface area contributed by atoms with Crippen molar-refractivity contribution >= 4 is 0 Å². The Bertz CT molecular complexity index is 566. The van der Waals surface area contributed by atoms with Crippen LogP contribution >= 0.6 is 0 Å². The number of aliphatic hydroxyl groups is 1. The van der Waals surface area contributed by atoms with Gasteiger partial charge < -0.3 is 9.84 Å². The van der Waals surface area contributed by atoms with Gasteiger partial charge in [-0.3, -0.25) is 0 Å². The number of aryl methyl sites for hydroxylation is 1. The molecule has 1 unspecified atom stereocenters. The molecule has 2 aromatic carbocycles. The third-order valence-electron chi connectivity index (χ3n) is 3.12. The Morgan fingerprint density at radius 3 is 2.63 bits per heavy atom. The van der Waals surface area contributed by atoms with Crippen LogP contribution in [0.1, 0.15) is 22.8 Å². The quantitative estimate of drug-likeness (QED) is 0.912. The molecule has 0 fully saturated rings. The summed E-state index contributed by atoms with van der Waals surface area (Å²) < 4.78 is 18.8. The minimum atomic E-state index is -0.785. The molecule has 3 heteroatoms. The largest absolute Gasteiger partial charge is 0.496 e. The molecule has 0 aliphatic carbocycles. The van der Waals surface area contributed by atoms with Crippen molar-refractivity contribution in [3.63, 3.8) is 0 Å². The second-order valence-corrected chi connectivity index (χ2v) is 4.56. The van der Waals surface area contributed by atoms with Gasteiger partial charge in [-0.25, -0.2) is 4.39 Å². The van der Waals surface area contributed by atoms with Gasteiger partial charge in [0, 0.05) is 12.0 Å². The number of benzene rings is 2. The first-order chi connectivity index (χ1) is 9.11. The number of ether oxygens (including phenoxy) is 1. The first kappa shape index (κ1) is 13.6. The molecular weight excluding hydrogens is 243 g/mol. The second kappa shape index (κ2) is 5.85. The van der Waals surface area contributed by atoms with Gasteiger partial charge in [-0.05, 0) is 30.2 Å². The van der Waals surface area contributed by atoms with Crippen LogP contribution in [-0.4, -0.2) is 12.2 Å². The normalized spacial score (nSPS) is 12.2. The standard InChI is InChI=1S/C16H17FO2/c1-11-7-8-13(16(9-11)19-2)15(18)10-12-5-3-4-6-14(12)17/h3-9,15,18H,10H2,1-2H3. The summed E-state index contributed by atoms with van der Waals surface area (Å²) in [6.45, 7) is 1.95. The Balaban J connectivity index is 2.25. The summed E-state index contributed by atoms with van der Waals surface area (Å²) in [6.07, 6.45) is -0.557. The third kappa shape index (κ3) is 3.12. The van der Waals surface area contributed by atoms with Crippen molar-refractivity contribution in [2.24, 2.45) is 0 Å². The van der Waals surface area contributed by atoms with Crippen molar-refractivity contribution in [2.75, 3.05) is 7.11 Å². The topological polar surface area (TPSA) is 29.5 Å². The molecule has 0 aliphatic rings. The van der Waals surface area contributed by atoms with Gasteiger partial charge in [0.2, 0.25) is 0 Å². The van der Waals surface area contributed by atoms with Crippen LogP contribution in [0.3, 0.4) is 0 Å². The minimum Gasteiger partial charge on any atom is -0.496 e. The lowest BCUT2D eigenvalue weighted by atomic mass is 9.99. The molecule has 1 atom stereocenters. The first-order valence-corrected chi connectivity index (χ1v) is 6.18. The van der Waals surface area contributed by atoms with Gasteiger partial charge in [-0.2, -0.15) is 0 Å². The summed E-state index contributed by atoms with van der Waals surface area (Å²) in [5.41, 5.74) is 2.23. The molecule has 0 saturated heterocycles. The predicted octanol–water partition coefficient (Wildman–Crippen LogP) is 3.42. The molecule has 100 valence electrons. The van der Waals surface area contributed by atoms with Crippen LogP contribution in [0, 0.1) is 12.7 Å². The van der Waals surface area contributed by atoms with E-state index in [-0.39, 0.29) is 12.2 Å². The molecule has 2 rings (SSSR count). The monoisotopic (exact) mass is 260 g/mol. The van der Waals surface area contributed by atoms with Crippen LogP contribution in [-0.2, 0) is 6.42 Å². The smallest absolute Gasteiger partial charge is 0.126 e. The van der Waals surface area contributed by atoms with E-state index in [1.807, 2.05) is 25.1 Å². The SMILES string of the molecule is COc1cc(C)ccc1C(O)Cc1ccccc1F. The molecular formula is C16H17FO2. The van der Waals surface area contributed by atoms with E-state index in [2.05, 4.69) is 0 Å². The van der Waals surface area contributed by atoms with E-state index >= 15 is 0 Å². The maximum absolute atomic E-state index is 13.6. The molecule has 0 heterocycles. The van der Waals surface area contributed by atoms with Gasteiger partial charge in [0.25, 0.3) is 0 Å². The Hall–Kier alpha value is -1.87. The van der Waals surface area contributed by atoms with Crippen molar-refractivity contribution in [2.45, 2.75) is 19.4 Å². The molecule has 2 nitrogen and oxygen atoms in total. The summed E-state index contributed by atoms with van der Waals surface area (Å²) in [7, 11) is 1.56. The molecule has 2 aromatic rings. The van der Waals surface area contributed by atoms with Crippen molar-refractivity contribution in [1.29, 1.82) is 0 Å². The van der Waals surface area contributed by atoms with Gasteiger partial charge in [0.15, 0.2) is 0 Å². The average molecular weight is 260 g/mol. The fraction of sp³-hybridized carbons (Fsp3) is 0.250. The Labute approximate surface area is 112 Å². The summed E-state index contributed by atoms with van der Waals surface area (Å²) in [4.78, 5) is 0. The molecule has 0 spiro atoms. The summed E-state index contributed by atoms with van der Waals surface area (Å²) in [6, 6.07) is 12.1. The van der Waals surface area contributed by atoms with Crippen molar-refractivity contribution in [3.05, 3.63) is 65.0 Å². The van der Waals surface area contributed by atoms with Crippen molar-refractivity contribution in [3.8, 4) is 5.75 Å². The highest BCUT2D eigenvalue weighted by atomic mass is 19.1. The zero-order valence-corrected chi connectivity index (χ0v) is 11.1. The minimum absolute atomic E-state index is 0.228. The van der Waals surface area contributed by atoms with Crippen molar-refractivity contribution < 1.29 is 14.2 Å². The van der Waals surface area contributed by atoms with E-state index in [9.17, 15) is 9.50 Å². The van der Waals surface area contributed by atoms with Crippen LogP contribution in [0.2, 0.25) is 0 Å². The summed E-state index contributed by atoms with van der Waals surface area (Å²) in [5, 5.41) is 10.3. The van der Waals surface area contributed by atoms with Gasteiger partial charge in [0.05, 0.1) is 13.2 Å². The van der Waals surface area contributed by atoms with E-state index in [1.165, 1.54) is 6.07 Å². The predicted molar refractivity (Wildman–Crippen MR) is 72.8 cm³/mol. The highest BCUT2D eigenvalue weighted by Gasteiger charge is 2.15. The molecule has 0 saturated carbocycles. The van der Waals surface area contributed by atoms with Crippen LogP contribution in [0.4, 0.5) is 4.39 Å². The highest BCUT2D eigenvalue weighted by molar-refractivity contribution is 5.39. The zero-order chi connectivity index (χ0) is 13.8. The Morgan fingerprint density at radius 2 is 1.95 bits per heavy atom. The van der Waals surface area contributed by atoms with Gasteiger partial charge in [0.1, 0.15) is 11.6 Å². The number of hydrogen-bond acceptors (Lipinski definition) is 2. The molecule has 0 aliphatic heterocycles. The Morgan fingerprint density at radius 1 is 1.21 bits per heavy atom. The maximum Gasteiger partial charge on any atom is 0.126 e. The fourth-order valence-electron chi connectivity index (χ4n) is 2.08. The number of hydrogen-bond donors (Lipinski definition) is 1. The average Bonchev–Trinajstić information content (AvgIpc) is 2.41. The maximum atomic E-state index is 13.6. The van der Waals surface area contributed by atoms with E-state index in [0.29, 0.717) is 16.9 Å². The number of aliphatic hydroxyl groups excluding tert-OH is 1. The number of methoxy groups -OCH3 is 1. The molecule has 0 radical (unpaired) electrons. The lowest BCUT2D eigenvalue weighted by Crippen LogP contribution is -2.05. The van der Waals surface area contributed by atoms with E-state index in [1.54, 1.807) is 25.3 Å².